The van der Waals surface area contributed by atoms with Crippen LogP contribution < -0.4 is 0 Å². The van der Waals surface area contributed by atoms with Crippen molar-refractivity contribution < 1.29 is 19.2 Å². The second-order valence-electron chi connectivity index (χ2n) is 6.10. The standard InChI is InChI=1S/C20H18N2O5/c23-19(14-8-10-16(11-9-14)22(25)26)13-27-20(24)7-3-4-15-12-21-18-6-2-1-5-17(15)18/h1-2,5-6,8-12,21H,3-4,7,13H2. The van der Waals surface area contributed by atoms with E-state index in [1.54, 1.807) is 0 Å². The van der Waals surface area contributed by atoms with Crippen molar-refractivity contribution in [1.29, 1.82) is 0 Å². The molecule has 3 rings (SSSR count). The summed E-state index contributed by atoms with van der Waals surface area (Å²) in [5.41, 5.74) is 2.37. The van der Waals surface area contributed by atoms with Crippen LogP contribution in [0.1, 0.15) is 28.8 Å². The summed E-state index contributed by atoms with van der Waals surface area (Å²) in [7, 11) is 0. The third-order valence-corrected chi connectivity index (χ3v) is 4.27. The number of hydrogen-bond donors (Lipinski definition) is 1. The van der Waals surface area contributed by atoms with Crippen molar-refractivity contribution in [3.63, 3.8) is 0 Å². The number of ketones is 1. The summed E-state index contributed by atoms with van der Waals surface area (Å²) in [6, 6.07) is 13.2. The number of nitro groups is 1. The lowest BCUT2D eigenvalue weighted by atomic mass is 10.1. The Morgan fingerprint density at radius 2 is 1.81 bits per heavy atom. The third-order valence-electron chi connectivity index (χ3n) is 4.27. The van der Waals surface area contributed by atoms with E-state index in [1.807, 2.05) is 30.5 Å². The molecule has 0 atom stereocenters. The molecule has 1 aromatic heterocycles. The molecule has 7 heteroatoms. The fourth-order valence-corrected chi connectivity index (χ4v) is 2.83. The van der Waals surface area contributed by atoms with E-state index in [0.717, 1.165) is 22.9 Å². The molecule has 0 aliphatic carbocycles. The third kappa shape index (κ3) is 4.58. The molecule has 0 bridgehead atoms. The van der Waals surface area contributed by atoms with E-state index in [9.17, 15) is 19.7 Å². The highest BCUT2D eigenvalue weighted by Crippen LogP contribution is 2.19. The number of esters is 1. The number of non-ortho nitro benzene ring substituents is 1. The lowest BCUT2D eigenvalue weighted by molar-refractivity contribution is -0.384. The van der Waals surface area contributed by atoms with Gasteiger partial charge in [-0.25, -0.2) is 0 Å². The van der Waals surface area contributed by atoms with Crippen molar-refractivity contribution in [2.45, 2.75) is 19.3 Å². The maximum absolute atomic E-state index is 12.0. The maximum Gasteiger partial charge on any atom is 0.306 e. The number of para-hydroxylation sites is 1. The van der Waals surface area contributed by atoms with Gasteiger partial charge in [0.15, 0.2) is 12.4 Å². The van der Waals surface area contributed by atoms with E-state index in [0.29, 0.717) is 6.42 Å². The summed E-state index contributed by atoms with van der Waals surface area (Å²) in [5.74, 6) is -0.833. The first-order valence-corrected chi connectivity index (χ1v) is 8.53. The van der Waals surface area contributed by atoms with Crippen LogP contribution in [0.5, 0.6) is 0 Å². The molecule has 0 unspecified atom stereocenters. The van der Waals surface area contributed by atoms with Gasteiger partial charge in [-0.2, -0.15) is 0 Å². The number of nitrogens with one attached hydrogen (secondary N) is 1. The van der Waals surface area contributed by atoms with Crippen LogP contribution in [0.2, 0.25) is 0 Å². The van der Waals surface area contributed by atoms with Crippen LogP contribution in [0.15, 0.2) is 54.7 Å². The number of fused-ring (bicyclic) bond motifs is 1. The molecule has 7 nitrogen and oxygen atoms in total. The topological polar surface area (TPSA) is 102 Å². The molecular formula is C20H18N2O5. The number of nitrogens with zero attached hydrogens (tertiary/aromatic N) is 1. The monoisotopic (exact) mass is 366 g/mol. The lowest BCUT2D eigenvalue weighted by Crippen LogP contribution is -2.14. The number of carbonyl (C=O) groups is 2. The van der Waals surface area contributed by atoms with Gasteiger partial charge in [-0.3, -0.25) is 19.7 Å². The molecule has 0 fully saturated rings. The minimum atomic E-state index is -0.540. The smallest absolute Gasteiger partial charge is 0.306 e. The van der Waals surface area contributed by atoms with E-state index >= 15 is 0 Å². The summed E-state index contributed by atoms with van der Waals surface area (Å²) < 4.78 is 5.01. The zero-order chi connectivity index (χ0) is 19.2. The number of aromatic amines is 1. The van der Waals surface area contributed by atoms with Gasteiger partial charge in [0, 0.05) is 41.2 Å². The summed E-state index contributed by atoms with van der Waals surface area (Å²) >= 11 is 0. The number of hydrogen-bond acceptors (Lipinski definition) is 5. The lowest BCUT2D eigenvalue weighted by Gasteiger charge is -2.04. The highest BCUT2D eigenvalue weighted by atomic mass is 16.6. The van der Waals surface area contributed by atoms with E-state index in [-0.39, 0.29) is 24.3 Å². The molecule has 3 aromatic rings. The molecule has 0 spiro atoms. The van der Waals surface area contributed by atoms with Gasteiger partial charge in [-0.1, -0.05) is 18.2 Å². The first kappa shape index (κ1) is 18.3. The van der Waals surface area contributed by atoms with Gasteiger partial charge in [0.05, 0.1) is 4.92 Å². The minimum absolute atomic E-state index is 0.0965. The summed E-state index contributed by atoms with van der Waals surface area (Å²) in [4.78, 5) is 37.1. The predicted octanol–water partition coefficient (Wildman–Crippen LogP) is 3.82. The SMILES string of the molecule is O=C(CCCc1c[nH]c2ccccc12)OCC(=O)c1ccc([N+](=O)[O-])cc1. The number of Topliss-reactive ketones (excluding diaryl/α,β-unsaturated/α-hetero) is 1. The number of H-pyrrole nitrogens is 1. The zero-order valence-corrected chi connectivity index (χ0v) is 14.5. The van der Waals surface area contributed by atoms with Crippen LogP contribution in [0.25, 0.3) is 10.9 Å². The molecule has 0 aliphatic heterocycles. The Labute approximate surface area is 155 Å². The number of benzene rings is 2. The minimum Gasteiger partial charge on any atom is -0.457 e. The number of aromatic nitrogens is 1. The average Bonchev–Trinajstić information content (AvgIpc) is 3.09. The van der Waals surface area contributed by atoms with E-state index in [1.165, 1.54) is 24.3 Å². The quantitative estimate of drug-likeness (QED) is 0.282. The van der Waals surface area contributed by atoms with Gasteiger partial charge >= 0.3 is 5.97 Å². The fraction of sp³-hybridized carbons (Fsp3) is 0.200. The molecule has 138 valence electrons. The van der Waals surface area contributed by atoms with Crippen LogP contribution in [0.4, 0.5) is 5.69 Å². The Balaban J connectivity index is 1.44. The molecular weight excluding hydrogens is 348 g/mol. The molecule has 0 radical (unpaired) electrons. The number of carbonyl (C=O) groups excluding carboxylic acids is 2. The van der Waals surface area contributed by atoms with Crippen LogP contribution in [-0.2, 0) is 16.0 Å². The van der Waals surface area contributed by atoms with E-state index < -0.39 is 16.7 Å². The summed E-state index contributed by atoms with van der Waals surface area (Å²) in [6.45, 7) is -0.371. The number of rotatable bonds is 8. The first-order chi connectivity index (χ1) is 13.0. The highest BCUT2D eigenvalue weighted by Gasteiger charge is 2.12. The average molecular weight is 366 g/mol. The van der Waals surface area contributed by atoms with Gasteiger partial charge in [0.25, 0.3) is 5.69 Å². The molecule has 2 aromatic carbocycles. The van der Waals surface area contributed by atoms with Crippen molar-refractivity contribution in [2.75, 3.05) is 6.61 Å². The maximum atomic E-state index is 12.0. The molecule has 0 amide bonds. The van der Waals surface area contributed by atoms with Gasteiger partial charge in [0.1, 0.15) is 0 Å². The number of ether oxygens (including phenoxy) is 1. The van der Waals surface area contributed by atoms with Gasteiger partial charge in [-0.05, 0) is 36.6 Å². The van der Waals surface area contributed by atoms with Gasteiger partial charge in [0.2, 0.25) is 0 Å². The van der Waals surface area contributed by atoms with Crippen LogP contribution in [-0.4, -0.2) is 28.3 Å². The van der Waals surface area contributed by atoms with Gasteiger partial charge < -0.3 is 9.72 Å². The molecule has 0 saturated carbocycles. The Hall–Kier alpha value is -3.48. The Kier molecular flexibility index (Phi) is 5.61. The molecule has 0 aliphatic rings. The highest BCUT2D eigenvalue weighted by molar-refractivity contribution is 5.98. The second-order valence-corrected chi connectivity index (χ2v) is 6.10. The first-order valence-electron chi connectivity index (χ1n) is 8.53. The zero-order valence-electron chi connectivity index (χ0n) is 14.5. The van der Waals surface area contributed by atoms with Crippen molar-refractivity contribution in [3.05, 3.63) is 76.0 Å². The van der Waals surface area contributed by atoms with Crippen molar-refractivity contribution >= 4 is 28.3 Å². The van der Waals surface area contributed by atoms with Crippen LogP contribution >= 0.6 is 0 Å². The van der Waals surface area contributed by atoms with E-state index in [4.69, 9.17) is 4.74 Å². The Morgan fingerprint density at radius 3 is 2.56 bits per heavy atom. The van der Waals surface area contributed by atoms with Crippen LogP contribution in [0, 0.1) is 10.1 Å². The molecule has 0 saturated heterocycles. The van der Waals surface area contributed by atoms with Crippen molar-refractivity contribution in [1.82, 2.24) is 4.98 Å². The van der Waals surface area contributed by atoms with Crippen molar-refractivity contribution in [3.8, 4) is 0 Å². The second kappa shape index (κ2) is 8.27. The number of nitro benzene ring substituents is 1. The molecule has 1 N–H and O–H groups in total. The molecule has 1 heterocycles. The van der Waals surface area contributed by atoms with Crippen molar-refractivity contribution in [2.24, 2.45) is 0 Å². The largest absolute Gasteiger partial charge is 0.457 e. The van der Waals surface area contributed by atoms with E-state index in [2.05, 4.69) is 4.98 Å². The summed E-state index contributed by atoms with van der Waals surface area (Å²) in [6.07, 6.45) is 3.50. The summed E-state index contributed by atoms with van der Waals surface area (Å²) in [5, 5.41) is 11.7. The molecule has 27 heavy (non-hydrogen) atoms. The predicted molar refractivity (Wildman–Crippen MR) is 99.6 cm³/mol. The normalized spacial score (nSPS) is 10.7. The number of aryl methyl sites for hydroxylation is 1. The fourth-order valence-electron chi connectivity index (χ4n) is 2.83. The van der Waals surface area contributed by atoms with Gasteiger partial charge in [-0.15, -0.1) is 0 Å². The van der Waals surface area contributed by atoms with Crippen LogP contribution in [0.3, 0.4) is 0 Å². The Bertz CT molecular complexity index is 975. The Morgan fingerprint density at radius 1 is 1.07 bits per heavy atom.